The topological polar surface area (TPSA) is 111 Å². The minimum absolute atomic E-state index is 0.0369. The number of nitrogens with zero attached hydrogens (tertiary/aromatic N) is 4. The van der Waals surface area contributed by atoms with E-state index in [1.165, 1.54) is 0 Å². The number of imidazole rings is 1. The zero-order chi connectivity index (χ0) is 32.8. The molecule has 0 unspecified atom stereocenters. The maximum absolute atomic E-state index is 14.3. The van der Waals surface area contributed by atoms with E-state index in [1.54, 1.807) is 24.5 Å². The Labute approximate surface area is 279 Å². The van der Waals surface area contributed by atoms with Gasteiger partial charge in [0.2, 0.25) is 17.7 Å². The van der Waals surface area contributed by atoms with Crippen molar-refractivity contribution in [2.24, 2.45) is 0 Å². The lowest BCUT2D eigenvalue weighted by Gasteiger charge is -2.44. The van der Waals surface area contributed by atoms with Gasteiger partial charge in [0.15, 0.2) is 0 Å². The number of hydrogen-bond donors (Lipinski definition) is 2. The second-order valence-electron chi connectivity index (χ2n) is 12.1. The van der Waals surface area contributed by atoms with Crippen LogP contribution in [0.3, 0.4) is 0 Å². The summed E-state index contributed by atoms with van der Waals surface area (Å²) in [5, 5.41) is 3.63. The number of nitrogens with one attached hydrogen (secondary N) is 2. The van der Waals surface area contributed by atoms with Gasteiger partial charge in [-0.25, -0.2) is 4.98 Å². The average molecular weight is 655 g/mol. The van der Waals surface area contributed by atoms with E-state index in [4.69, 9.17) is 16.3 Å². The summed E-state index contributed by atoms with van der Waals surface area (Å²) in [6.45, 7) is 1.60. The van der Waals surface area contributed by atoms with Crippen LogP contribution >= 0.6 is 11.6 Å². The van der Waals surface area contributed by atoms with Gasteiger partial charge in [-0.3, -0.25) is 14.4 Å². The normalized spacial score (nSPS) is 16.4. The van der Waals surface area contributed by atoms with Crippen LogP contribution < -0.4 is 15.0 Å². The van der Waals surface area contributed by atoms with Crippen LogP contribution in [0.1, 0.15) is 36.1 Å². The van der Waals surface area contributed by atoms with Crippen LogP contribution in [0.2, 0.25) is 5.02 Å². The molecule has 244 valence electrons. The molecule has 1 aromatic heterocycles. The van der Waals surface area contributed by atoms with Crippen LogP contribution in [0.4, 0.5) is 5.69 Å². The number of ether oxygens (including phenoxy) is 1. The molecule has 0 radical (unpaired) electrons. The number of carbonyl (C=O) groups is 3. The summed E-state index contributed by atoms with van der Waals surface area (Å²) in [5.41, 5.74) is 2.75. The van der Waals surface area contributed by atoms with E-state index in [2.05, 4.69) is 20.2 Å². The average Bonchev–Trinajstić information content (AvgIpc) is 3.72. The molecule has 2 N–H and O–H groups in total. The minimum atomic E-state index is -0.794. The predicted octanol–water partition coefficient (Wildman–Crippen LogP) is 4.60. The lowest BCUT2D eigenvalue weighted by Crippen LogP contribution is -2.59. The Morgan fingerprint density at radius 3 is 2.43 bits per heavy atom. The monoisotopic (exact) mass is 654 g/mol. The molecule has 0 bridgehead atoms. The molecule has 1 spiro atoms. The largest absolute Gasteiger partial charge is 0.497 e. The minimum Gasteiger partial charge on any atom is -0.497 e. The van der Waals surface area contributed by atoms with Crippen LogP contribution in [-0.4, -0.2) is 75.9 Å². The van der Waals surface area contributed by atoms with Gasteiger partial charge in [0, 0.05) is 49.4 Å². The van der Waals surface area contributed by atoms with Crippen LogP contribution in [0.15, 0.2) is 91.4 Å². The number of aryl methyl sites for hydroxylation is 1. The number of aromatic amines is 1. The second kappa shape index (κ2) is 14.3. The number of rotatable bonds is 11. The highest BCUT2D eigenvalue weighted by Gasteiger charge is 2.54. The van der Waals surface area contributed by atoms with Gasteiger partial charge in [0.05, 0.1) is 25.8 Å². The highest BCUT2D eigenvalue weighted by atomic mass is 35.5. The Hall–Kier alpha value is -4.83. The van der Waals surface area contributed by atoms with E-state index in [9.17, 15) is 14.4 Å². The molecule has 0 aliphatic carbocycles. The Morgan fingerprint density at radius 2 is 1.74 bits per heavy atom. The van der Waals surface area contributed by atoms with Crippen LogP contribution in [0.5, 0.6) is 5.75 Å². The van der Waals surface area contributed by atoms with Crippen LogP contribution in [0, 0.1) is 0 Å². The molecule has 2 aliphatic rings. The van der Waals surface area contributed by atoms with Crippen molar-refractivity contribution in [1.29, 1.82) is 0 Å². The molecular formula is C36H39ClN6O4. The van der Waals surface area contributed by atoms with E-state index in [-0.39, 0.29) is 24.1 Å². The van der Waals surface area contributed by atoms with Gasteiger partial charge < -0.3 is 29.7 Å². The Kier molecular flexibility index (Phi) is 9.77. The van der Waals surface area contributed by atoms with Crippen molar-refractivity contribution in [2.75, 3.05) is 31.8 Å². The third kappa shape index (κ3) is 7.12. The fraction of sp³-hybridized carbons (Fsp3) is 0.333. The Morgan fingerprint density at radius 1 is 1.02 bits per heavy atom. The molecule has 0 saturated carbocycles. The van der Waals surface area contributed by atoms with Gasteiger partial charge in [-0.2, -0.15) is 0 Å². The van der Waals surface area contributed by atoms with E-state index in [0.717, 1.165) is 22.5 Å². The number of piperidine rings is 1. The molecule has 6 rings (SSSR count). The number of amides is 3. The highest BCUT2D eigenvalue weighted by molar-refractivity contribution is 6.31. The van der Waals surface area contributed by atoms with Gasteiger partial charge in [0.25, 0.3) is 0 Å². The molecular weight excluding hydrogens is 616 g/mol. The SMILES string of the molecule is COc1ccc(C[C@@H](NC(=O)CCc2c[nH]cn2)C(=O)N2CCC3(CC2)C(=O)N(Cc2ccccc2Cl)CN3c2ccccc2)cc1. The maximum atomic E-state index is 14.3. The molecule has 2 aliphatic heterocycles. The van der Waals surface area contributed by atoms with Gasteiger partial charge in [0.1, 0.15) is 17.3 Å². The molecule has 2 fully saturated rings. The summed E-state index contributed by atoms with van der Waals surface area (Å²) >= 11 is 6.48. The van der Waals surface area contributed by atoms with Crippen molar-refractivity contribution < 1.29 is 19.1 Å². The summed E-state index contributed by atoms with van der Waals surface area (Å²) < 4.78 is 5.30. The van der Waals surface area contributed by atoms with Crippen molar-refractivity contribution in [1.82, 2.24) is 25.1 Å². The molecule has 47 heavy (non-hydrogen) atoms. The summed E-state index contributed by atoms with van der Waals surface area (Å²) in [7, 11) is 1.61. The zero-order valence-corrected chi connectivity index (χ0v) is 27.2. The number of hydrogen-bond acceptors (Lipinski definition) is 6. The third-order valence-electron chi connectivity index (χ3n) is 9.20. The number of carbonyl (C=O) groups excluding carboxylic acids is 3. The number of halogens is 1. The number of anilines is 1. The quantitative estimate of drug-likeness (QED) is 0.245. The van der Waals surface area contributed by atoms with Crippen LogP contribution in [-0.2, 0) is 33.8 Å². The van der Waals surface area contributed by atoms with Gasteiger partial charge in [-0.15, -0.1) is 0 Å². The fourth-order valence-electron chi connectivity index (χ4n) is 6.61. The maximum Gasteiger partial charge on any atom is 0.250 e. The number of methoxy groups -OCH3 is 1. The fourth-order valence-corrected chi connectivity index (χ4v) is 6.80. The zero-order valence-electron chi connectivity index (χ0n) is 26.4. The van der Waals surface area contributed by atoms with Gasteiger partial charge in [-0.05, 0) is 60.7 Å². The first kappa shape index (κ1) is 32.1. The van der Waals surface area contributed by atoms with Crippen molar-refractivity contribution in [3.63, 3.8) is 0 Å². The Balaban J connectivity index is 1.19. The molecule has 2 saturated heterocycles. The third-order valence-corrected chi connectivity index (χ3v) is 9.57. The second-order valence-corrected chi connectivity index (χ2v) is 12.5. The lowest BCUT2D eigenvalue weighted by molar-refractivity contribution is -0.141. The number of para-hydroxylation sites is 1. The van der Waals surface area contributed by atoms with Crippen LogP contribution in [0.25, 0.3) is 0 Å². The van der Waals surface area contributed by atoms with Crippen molar-refractivity contribution in [3.05, 3.63) is 113 Å². The lowest BCUT2D eigenvalue weighted by atomic mass is 9.85. The van der Waals surface area contributed by atoms with E-state index < -0.39 is 11.6 Å². The number of likely N-dealkylation sites (tertiary alicyclic amines) is 1. The van der Waals surface area contributed by atoms with E-state index in [1.807, 2.05) is 83.8 Å². The summed E-state index contributed by atoms with van der Waals surface area (Å²) in [5.74, 6) is 0.377. The molecule has 4 aromatic rings. The number of aromatic nitrogens is 2. The van der Waals surface area contributed by atoms with Gasteiger partial charge in [-0.1, -0.05) is 60.1 Å². The van der Waals surface area contributed by atoms with Crippen molar-refractivity contribution in [3.8, 4) is 5.75 Å². The first-order chi connectivity index (χ1) is 22.9. The van der Waals surface area contributed by atoms with E-state index in [0.29, 0.717) is 62.8 Å². The molecule has 11 heteroatoms. The molecule has 3 aromatic carbocycles. The van der Waals surface area contributed by atoms with Crippen molar-refractivity contribution >= 4 is 35.0 Å². The highest BCUT2D eigenvalue weighted by Crippen LogP contribution is 2.40. The molecule has 3 amide bonds. The number of H-pyrrole nitrogens is 1. The first-order valence-electron chi connectivity index (χ1n) is 15.9. The van der Waals surface area contributed by atoms with Crippen molar-refractivity contribution in [2.45, 2.75) is 50.2 Å². The molecule has 10 nitrogen and oxygen atoms in total. The molecule has 3 heterocycles. The Bertz CT molecular complexity index is 1670. The molecule has 1 atom stereocenters. The predicted molar refractivity (Wildman–Crippen MR) is 180 cm³/mol. The first-order valence-corrected chi connectivity index (χ1v) is 16.3. The summed E-state index contributed by atoms with van der Waals surface area (Å²) in [6, 6.07) is 24.3. The smallest absolute Gasteiger partial charge is 0.250 e. The summed E-state index contributed by atoms with van der Waals surface area (Å²) in [6.07, 6.45) is 5.28. The van der Waals surface area contributed by atoms with Gasteiger partial charge >= 0.3 is 0 Å². The van der Waals surface area contributed by atoms with E-state index >= 15 is 0 Å². The standard InChI is InChI=1S/C36H39ClN6O4/c1-47-30-14-11-26(12-15-30)21-32(40-33(44)16-13-28-22-38-24-39-28)34(45)41-19-17-36(18-20-41)35(46)42(23-27-7-5-6-10-31(27)37)25-43(36)29-8-3-2-4-9-29/h2-12,14-15,22,24,32H,13,16-21,23,25H2,1H3,(H,38,39)(H,40,44)/t32-/m1/s1. The number of benzene rings is 3. The summed E-state index contributed by atoms with van der Waals surface area (Å²) in [4.78, 5) is 54.4.